The first-order chi connectivity index (χ1) is 12.0. The van der Waals surface area contributed by atoms with Crippen molar-refractivity contribution in [3.8, 4) is 0 Å². The minimum absolute atomic E-state index is 0.00490. The molecule has 0 aliphatic carbocycles. The molecule has 1 N–H and O–H groups in total. The van der Waals surface area contributed by atoms with Crippen molar-refractivity contribution in [2.75, 3.05) is 31.5 Å². The Labute approximate surface area is 145 Å². The molecule has 2 heterocycles. The van der Waals surface area contributed by atoms with Crippen LogP contribution in [0.25, 0.3) is 0 Å². The van der Waals surface area contributed by atoms with E-state index in [-0.39, 0.29) is 11.6 Å². The Kier molecular flexibility index (Phi) is 5.45. The number of rotatable bonds is 5. The van der Waals surface area contributed by atoms with Crippen LogP contribution in [0, 0.1) is 11.6 Å². The van der Waals surface area contributed by atoms with Gasteiger partial charge in [0, 0.05) is 32.2 Å². The second-order valence-electron chi connectivity index (χ2n) is 6.18. The van der Waals surface area contributed by atoms with Gasteiger partial charge in [0.05, 0.1) is 24.5 Å². The van der Waals surface area contributed by atoms with E-state index >= 15 is 0 Å². The zero-order valence-corrected chi connectivity index (χ0v) is 14.0. The Morgan fingerprint density at radius 1 is 1.24 bits per heavy atom. The number of carbonyl (C=O) groups is 1. The summed E-state index contributed by atoms with van der Waals surface area (Å²) in [5.41, 5.74) is -0.00490. The second kappa shape index (κ2) is 7.76. The van der Waals surface area contributed by atoms with Crippen LogP contribution in [0.1, 0.15) is 12.7 Å². The largest absolute Gasteiger partial charge is 0.468 e. The number of hydrogen-bond acceptors (Lipinski definition) is 4. The molecule has 7 heteroatoms. The number of benzene rings is 1. The minimum Gasteiger partial charge on any atom is -0.468 e. The van der Waals surface area contributed by atoms with Crippen molar-refractivity contribution in [2.45, 2.75) is 19.5 Å². The van der Waals surface area contributed by atoms with E-state index in [1.165, 1.54) is 6.07 Å². The summed E-state index contributed by atoms with van der Waals surface area (Å²) >= 11 is 0. The van der Waals surface area contributed by atoms with Gasteiger partial charge in [-0.15, -0.1) is 0 Å². The lowest BCUT2D eigenvalue weighted by atomic mass is 10.2. The van der Waals surface area contributed by atoms with Gasteiger partial charge in [-0.3, -0.25) is 14.6 Å². The summed E-state index contributed by atoms with van der Waals surface area (Å²) in [6.45, 7) is 5.66. The fourth-order valence-corrected chi connectivity index (χ4v) is 2.93. The van der Waals surface area contributed by atoms with Gasteiger partial charge in [0.25, 0.3) is 0 Å². The molecule has 1 unspecified atom stereocenters. The average molecular weight is 349 g/mol. The molecule has 0 saturated carbocycles. The van der Waals surface area contributed by atoms with E-state index in [1.54, 1.807) is 13.2 Å². The minimum atomic E-state index is -0.774. The maximum atomic E-state index is 13.7. The highest BCUT2D eigenvalue weighted by molar-refractivity contribution is 5.94. The van der Waals surface area contributed by atoms with Crippen LogP contribution in [0.4, 0.5) is 14.5 Å². The average Bonchev–Trinajstić information content (AvgIpc) is 3.10. The highest BCUT2D eigenvalue weighted by Gasteiger charge is 2.26. The molecule has 0 bridgehead atoms. The zero-order valence-electron chi connectivity index (χ0n) is 14.0. The van der Waals surface area contributed by atoms with E-state index in [0.29, 0.717) is 0 Å². The van der Waals surface area contributed by atoms with Crippen molar-refractivity contribution in [3.63, 3.8) is 0 Å². The number of anilines is 1. The summed E-state index contributed by atoms with van der Waals surface area (Å²) in [5, 5.41) is 2.53. The summed E-state index contributed by atoms with van der Waals surface area (Å²) in [7, 11) is 0. The molecule has 0 radical (unpaired) electrons. The molecular weight excluding hydrogens is 328 g/mol. The van der Waals surface area contributed by atoms with Crippen LogP contribution in [-0.2, 0) is 11.3 Å². The van der Waals surface area contributed by atoms with Gasteiger partial charge in [-0.1, -0.05) is 0 Å². The third kappa shape index (κ3) is 4.43. The first-order valence-electron chi connectivity index (χ1n) is 8.27. The molecule has 0 spiro atoms. The second-order valence-corrected chi connectivity index (χ2v) is 6.18. The van der Waals surface area contributed by atoms with Crippen LogP contribution in [0.5, 0.6) is 0 Å². The molecule has 25 heavy (non-hydrogen) atoms. The van der Waals surface area contributed by atoms with Crippen LogP contribution in [0.15, 0.2) is 41.0 Å². The van der Waals surface area contributed by atoms with Gasteiger partial charge in [0.1, 0.15) is 17.4 Å². The summed E-state index contributed by atoms with van der Waals surface area (Å²) in [6.07, 6.45) is 1.66. The van der Waals surface area contributed by atoms with Gasteiger partial charge in [-0.2, -0.15) is 0 Å². The summed E-state index contributed by atoms with van der Waals surface area (Å²) in [5.74, 6) is -0.823. The molecule has 5 nitrogen and oxygen atoms in total. The zero-order chi connectivity index (χ0) is 17.8. The topological polar surface area (TPSA) is 48.7 Å². The van der Waals surface area contributed by atoms with E-state index in [9.17, 15) is 13.6 Å². The van der Waals surface area contributed by atoms with Crippen molar-refractivity contribution >= 4 is 11.6 Å². The Balaban J connectivity index is 1.51. The summed E-state index contributed by atoms with van der Waals surface area (Å²) < 4.78 is 32.0. The number of furan rings is 1. The number of halogens is 2. The fraction of sp³-hybridized carbons (Fsp3) is 0.389. The molecule has 1 aliphatic heterocycles. The maximum absolute atomic E-state index is 13.7. The van der Waals surface area contributed by atoms with Crippen molar-refractivity contribution in [3.05, 3.63) is 54.0 Å². The van der Waals surface area contributed by atoms with Crippen molar-refractivity contribution in [1.29, 1.82) is 0 Å². The Morgan fingerprint density at radius 2 is 2.00 bits per heavy atom. The van der Waals surface area contributed by atoms with Gasteiger partial charge in [-0.25, -0.2) is 8.78 Å². The first kappa shape index (κ1) is 17.6. The lowest BCUT2D eigenvalue weighted by Gasteiger charge is -2.37. The van der Waals surface area contributed by atoms with Gasteiger partial charge in [0.15, 0.2) is 0 Å². The molecule has 1 aliphatic rings. The summed E-state index contributed by atoms with van der Waals surface area (Å²) in [4.78, 5) is 16.7. The molecule has 3 rings (SSSR count). The third-order valence-corrected chi connectivity index (χ3v) is 4.48. The van der Waals surface area contributed by atoms with Gasteiger partial charge in [0.2, 0.25) is 5.91 Å². The predicted octanol–water partition coefficient (Wildman–Crippen LogP) is 2.70. The Bertz CT molecular complexity index is 713. The number of nitrogens with one attached hydrogen (secondary N) is 1. The lowest BCUT2D eigenvalue weighted by molar-refractivity contribution is -0.121. The van der Waals surface area contributed by atoms with Gasteiger partial charge < -0.3 is 9.73 Å². The van der Waals surface area contributed by atoms with E-state index in [2.05, 4.69) is 15.1 Å². The van der Waals surface area contributed by atoms with E-state index in [0.717, 1.165) is 50.6 Å². The van der Waals surface area contributed by atoms with Crippen molar-refractivity contribution < 1.29 is 18.0 Å². The fourth-order valence-electron chi connectivity index (χ4n) is 2.93. The van der Waals surface area contributed by atoms with E-state index < -0.39 is 17.7 Å². The van der Waals surface area contributed by atoms with E-state index in [4.69, 9.17) is 4.42 Å². The molecule has 134 valence electrons. The van der Waals surface area contributed by atoms with Crippen molar-refractivity contribution in [2.24, 2.45) is 0 Å². The molecular formula is C18H21F2N3O2. The Morgan fingerprint density at radius 3 is 2.64 bits per heavy atom. The molecule has 1 saturated heterocycles. The third-order valence-electron chi connectivity index (χ3n) is 4.48. The predicted molar refractivity (Wildman–Crippen MR) is 90.0 cm³/mol. The van der Waals surface area contributed by atoms with Crippen LogP contribution in [0.2, 0.25) is 0 Å². The van der Waals surface area contributed by atoms with Gasteiger partial charge >= 0.3 is 0 Å². The first-order valence-corrected chi connectivity index (χ1v) is 8.27. The number of hydrogen-bond donors (Lipinski definition) is 1. The molecule has 1 fully saturated rings. The normalized spacial score (nSPS) is 17.4. The number of nitrogens with zero attached hydrogens (tertiary/aromatic N) is 2. The number of amides is 1. The molecule has 1 aromatic carbocycles. The molecule has 1 amide bonds. The standard InChI is InChI=1S/C18H21F2N3O2/c1-13(18(24)21-17-5-4-14(19)11-16(17)20)23-8-6-22(7-9-23)12-15-3-2-10-25-15/h2-5,10-11,13H,6-9,12H2,1H3,(H,21,24). The van der Waals surface area contributed by atoms with Crippen molar-refractivity contribution in [1.82, 2.24) is 9.80 Å². The maximum Gasteiger partial charge on any atom is 0.241 e. The molecule has 1 aromatic heterocycles. The summed E-state index contributed by atoms with van der Waals surface area (Å²) in [6, 6.07) is 6.53. The molecule has 2 aromatic rings. The van der Waals surface area contributed by atoms with Crippen LogP contribution in [-0.4, -0.2) is 47.9 Å². The quantitative estimate of drug-likeness (QED) is 0.902. The van der Waals surface area contributed by atoms with Gasteiger partial charge in [-0.05, 0) is 31.2 Å². The van der Waals surface area contributed by atoms with Crippen LogP contribution < -0.4 is 5.32 Å². The smallest absolute Gasteiger partial charge is 0.241 e. The SMILES string of the molecule is CC(C(=O)Nc1ccc(F)cc1F)N1CCN(Cc2ccco2)CC1. The van der Waals surface area contributed by atoms with Crippen LogP contribution >= 0.6 is 0 Å². The Hall–Kier alpha value is -2.25. The lowest BCUT2D eigenvalue weighted by Crippen LogP contribution is -2.52. The monoisotopic (exact) mass is 349 g/mol. The van der Waals surface area contributed by atoms with Crippen LogP contribution in [0.3, 0.4) is 0 Å². The number of piperazine rings is 1. The number of carbonyl (C=O) groups excluding carboxylic acids is 1. The highest BCUT2D eigenvalue weighted by Crippen LogP contribution is 2.17. The molecule has 1 atom stereocenters. The van der Waals surface area contributed by atoms with E-state index in [1.807, 2.05) is 12.1 Å². The highest BCUT2D eigenvalue weighted by atomic mass is 19.1.